The van der Waals surface area contributed by atoms with E-state index in [1.54, 1.807) is 6.92 Å². The molecule has 100 valence electrons. The third-order valence-electron chi connectivity index (χ3n) is 2.42. The highest BCUT2D eigenvalue weighted by molar-refractivity contribution is 7.13. The van der Waals surface area contributed by atoms with Crippen molar-refractivity contribution >= 4 is 17.3 Å². The topological polar surface area (TPSA) is 48.4 Å². The number of rotatable bonds is 5. The number of carbonyl (C=O) groups is 1. The number of hydrogen-bond donors (Lipinski definition) is 0. The molecule has 0 atom stereocenters. The van der Waals surface area contributed by atoms with Crippen molar-refractivity contribution in [3.05, 3.63) is 45.8 Å². The monoisotopic (exact) mass is 277 g/mol. The van der Waals surface area contributed by atoms with Gasteiger partial charge in [0.25, 0.3) is 0 Å². The van der Waals surface area contributed by atoms with Gasteiger partial charge in [0.2, 0.25) is 10.9 Å². The average molecular weight is 277 g/mol. The maximum Gasteiger partial charge on any atom is 0.367 e. The molecule has 0 amide bonds. The van der Waals surface area contributed by atoms with Crippen LogP contribution in [0.15, 0.2) is 30.3 Å². The van der Waals surface area contributed by atoms with Crippen molar-refractivity contribution in [1.82, 2.24) is 4.98 Å². The van der Waals surface area contributed by atoms with Gasteiger partial charge < -0.3 is 9.47 Å². The van der Waals surface area contributed by atoms with Crippen LogP contribution in [-0.2, 0) is 11.3 Å². The van der Waals surface area contributed by atoms with Crippen LogP contribution < -0.4 is 4.74 Å². The molecular weight excluding hydrogens is 262 g/mol. The molecule has 0 aliphatic rings. The number of esters is 1. The van der Waals surface area contributed by atoms with E-state index in [-0.39, 0.29) is 0 Å². The second-order valence-electron chi connectivity index (χ2n) is 3.88. The van der Waals surface area contributed by atoms with Gasteiger partial charge in [-0.2, -0.15) is 4.98 Å². The van der Waals surface area contributed by atoms with Crippen molar-refractivity contribution in [1.29, 1.82) is 0 Å². The van der Waals surface area contributed by atoms with Crippen molar-refractivity contribution < 1.29 is 14.3 Å². The van der Waals surface area contributed by atoms with Gasteiger partial charge in [-0.05, 0) is 19.4 Å². The first-order chi connectivity index (χ1) is 9.20. The molecular formula is C14H15NO3S. The van der Waals surface area contributed by atoms with Gasteiger partial charge in [0, 0.05) is 0 Å². The van der Waals surface area contributed by atoms with Crippen LogP contribution in [0.2, 0.25) is 0 Å². The van der Waals surface area contributed by atoms with Crippen LogP contribution in [0.5, 0.6) is 5.88 Å². The Morgan fingerprint density at radius 3 is 2.74 bits per heavy atom. The van der Waals surface area contributed by atoms with Gasteiger partial charge in [-0.15, -0.1) is 11.3 Å². The van der Waals surface area contributed by atoms with Crippen LogP contribution in [0.3, 0.4) is 0 Å². The SMILES string of the molecule is CCOC(=O)c1nc(OCc2ccccc2)c(C)s1. The molecule has 1 heterocycles. The number of nitrogens with zero attached hydrogens (tertiary/aromatic N) is 1. The van der Waals surface area contributed by atoms with E-state index in [9.17, 15) is 4.79 Å². The van der Waals surface area contributed by atoms with Crippen molar-refractivity contribution in [2.75, 3.05) is 6.61 Å². The number of ether oxygens (including phenoxy) is 2. The summed E-state index contributed by atoms with van der Waals surface area (Å²) in [6.07, 6.45) is 0. The van der Waals surface area contributed by atoms with Crippen LogP contribution in [0.25, 0.3) is 0 Å². The number of thiazole rings is 1. The Labute approximate surface area is 116 Å². The normalized spacial score (nSPS) is 10.2. The van der Waals surface area contributed by atoms with Gasteiger partial charge in [0.15, 0.2) is 0 Å². The minimum atomic E-state index is -0.398. The molecule has 5 heteroatoms. The summed E-state index contributed by atoms with van der Waals surface area (Å²) in [5, 5.41) is 0.336. The minimum absolute atomic E-state index is 0.336. The molecule has 0 aliphatic heterocycles. The van der Waals surface area contributed by atoms with Crippen molar-refractivity contribution in [2.45, 2.75) is 20.5 Å². The Kier molecular flexibility index (Phi) is 4.52. The molecule has 19 heavy (non-hydrogen) atoms. The molecule has 1 aromatic heterocycles. The van der Waals surface area contributed by atoms with Crippen molar-refractivity contribution in [3.63, 3.8) is 0 Å². The highest BCUT2D eigenvalue weighted by Crippen LogP contribution is 2.25. The Morgan fingerprint density at radius 1 is 1.32 bits per heavy atom. The molecule has 2 aromatic rings. The van der Waals surface area contributed by atoms with E-state index in [0.717, 1.165) is 10.4 Å². The van der Waals surface area contributed by atoms with Crippen LogP contribution >= 0.6 is 11.3 Å². The van der Waals surface area contributed by atoms with Gasteiger partial charge in [-0.3, -0.25) is 0 Å². The fraction of sp³-hybridized carbons (Fsp3) is 0.286. The predicted octanol–water partition coefficient (Wildman–Crippen LogP) is 3.21. The number of benzene rings is 1. The average Bonchev–Trinajstić information content (AvgIpc) is 2.79. The first-order valence-electron chi connectivity index (χ1n) is 6.02. The number of carbonyl (C=O) groups excluding carboxylic acids is 1. The molecule has 0 saturated heterocycles. The van der Waals surface area contributed by atoms with Gasteiger partial charge in [-0.1, -0.05) is 30.3 Å². The molecule has 0 fully saturated rings. The van der Waals surface area contributed by atoms with E-state index < -0.39 is 5.97 Å². The predicted molar refractivity (Wildman–Crippen MR) is 73.6 cm³/mol. The highest BCUT2D eigenvalue weighted by Gasteiger charge is 2.16. The first kappa shape index (κ1) is 13.5. The molecule has 0 N–H and O–H groups in total. The molecule has 0 bridgehead atoms. The Hall–Kier alpha value is -1.88. The lowest BCUT2D eigenvalue weighted by atomic mass is 10.2. The Balaban J connectivity index is 2.03. The smallest absolute Gasteiger partial charge is 0.367 e. The summed E-state index contributed by atoms with van der Waals surface area (Å²) < 4.78 is 10.5. The van der Waals surface area contributed by atoms with E-state index >= 15 is 0 Å². The second-order valence-corrected chi connectivity index (χ2v) is 5.08. The second kappa shape index (κ2) is 6.33. The van der Waals surface area contributed by atoms with E-state index in [1.165, 1.54) is 11.3 Å². The van der Waals surface area contributed by atoms with Gasteiger partial charge in [0.1, 0.15) is 6.61 Å². The van der Waals surface area contributed by atoms with Crippen LogP contribution in [0, 0.1) is 6.92 Å². The standard InChI is InChI=1S/C14H15NO3S/c1-3-17-14(16)13-15-12(10(2)19-13)18-9-11-7-5-4-6-8-11/h4-8H,3,9H2,1-2H3. The molecule has 1 aromatic carbocycles. The Morgan fingerprint density at radius 2 is 2.05 bits per heavy atom. The molecule has 0 saturated carbocycles. The summed E-state index contributed by atoms with van der Waals surface area (Å²) in [6.45, 7) is 4.43. The van der Waals surface area contributed by atoms with E-state index in [0.29, 0.717) is 24.1 Å². The molecule has 0 aliphatic carbocycles. The summed E-state index contributed by atoms with van der Waals surface area (Å²) in [5.74, 6) is 0.0991. The van der Waals surface area contributed by atoms with Crippen LogP contribution in [-0.4, -0.2) is 17.6 Å². The molecule has 2 rings (SSSR count). The summed E-state index contributed by atoms with van der Waals surface area (Å²) >= 11 is 1.29. The highest BCUT2D eigenvalue weighted by atomic mass is 32.1. The zero-order valence-electron chi connectivity index (χ0n) is 10.9. The molecule has 0 spiro atoms. The van der Waals surface area contributed by atoms with E-state index in [4.69, 9.17) is 9.47 Å². The zero-order chi connectivity index (χ0) is 13.7. The molecule has 0 radical (unpaired) electrons. The third kappa shape index (κ3) is 3.54. The van der Waals surface area contributed by atoms with Crippen molar-refractivity contribution in [2.24, 2.45) is 0 Å². The quantitative estimate of drug-likeness (QED) is 0.787. The number of aromatic nitrogens is 1. The van der Waals surface area contributed by atoms with E-state index in [1.807, 2.05) is 37.3 Å². The van der Waals surface area contributed by atoms with Gasteiger partial charge in [-0.25, -0.2) is 4.79 Å². The maximum absolute atomic E-state index is 11.6. The fourth-order valence-corrected chi connectivity index (χ4v) is 2.28. The van der Waals surface area contributed by atoms with E-state index in [2.05, 4.69) is 4.98 Å². The molecule has 0 unspecified atom stereocenters. The van der Waals surface area contributed by atoms with Gasteiger partial charge in [0.05, 0.1) is 11.5 Å². The van der Waals surface area contributed by atoms with Crippen molar-refractivity contribution in [3.8, 4) is 5.88 Å². The summed E-state index contributed by atoms with van der Waals surface area (Å²) in [7, 11) is 0. The summed E-state index contributed by atoms with van der Waals surface area (Å²) in [6, 6.07) is 9.83. The van der Waals surface area contributed by atoms with Gasteiger partial charge >= 0.3 is 5.97 Å². The van der Waals surface area contributed by atoms with Crippen LogP contribution in [0.1, 0.15) is 27.2 Å². The zero-order valence-corrected chi connectivity index (χ0v) is 11.7. The first-order valence-corrected chi connectivity index (χ1v) is 6.83. The lowest BCUT2D eigenvalue weighted by Gasteiger charge is -2.03. The lowest BCUT2D eigenvalue weighted by molar-refractivity contribution is 0.0525. The molecule has 4 nitrogen and oxygen atoms in total. The number of aryl methyl sites for hydroxylation is 1. The maximum atomic E-state index is 11.6. The summed E-state index contributed by atoms with van der Waals surface area (Å²) in [5.41, 5.74) is 1.06. The number of hydrogen-bond acceptors (Lipinski definition) is 5. The minimum Gasteiger partial charge on any atom is -0.472 e. The third-order valence-corrected chi connectivity index (χ3v) is 3.35. The Bertz CT molecular complexity index is 551. The fourth-order valence-electron chi connectivity index (χ4n) is 1.52. The van der Waals surface area contributed by atoms with Crippen LogP contribution in [0.4, 0.5) is 0 Å². The largest absolute Gasteiger partial charge is 0.472 e. The summed E-state index contributed by atoms with van der Waals surface area (Å²) in [4.78, 5) is 16.6. The lowest BCUT2D eigenvalue weighted by Crippen LogP contribution is -2.04.